The third-order valence-corrected chi connectivity index (χ3v) is 3.40. The number of aromatic amines is 1. The number of hydrogen-bond acceptors (Lipinski definition) is 4. The SMILES string of the molecule is O=[N+]([O-])c1ccc(Cl)c2sc(=S)[nH]c12. The van der Waals surface area contributed by atoms with Gasteiger partial charge in [0.25, 0.3) is 5.69 Å². The summed E-state index contributed by atoms with van der Waals surface area (Å²) in [5.41, 5.74) is 0.397. The van der Waals surface area contributed by atoms with E-state index in [4.69, 9.17) is 23.8 Å². The second kappa shape index (κ2) is 3.30. The van der Waals surface area contributed by atoms with E-state index in [1.54, 1.807) is 0 Å². The molecule has 2 aromatic rings. The maximum Gasteiger partial charge on any atom is 0.294 e. The highest BCUT2D eigenvalue weighted by Gasteiger charge is 2.15. The Morgan fingerprint density at radius 1 is 1.57 bits per heavy atom. The first-order valence-electron chi connectivity index (χ1n) is 3.55. The van der Waals surface area contributed by atoms with Gasteiger partial charge in [0.05, 0.1) is 14.6 Å². The normalized spacial score (nSPS) is 10.6. The molecular formula is C7H3ClN2O2S2. The van der Waals surface area contributed by atoms with Crippen LogP contribution in [0.25, 0.3) is 10.2 Å². The van der Waals surface area contributed by atoms with Gasteiger partial charge in [-0.3, -0.25) is 10.1 Å². The highest BCUT2D eigenvalue weighted by Crippen LogP contribution is 2.33. The molecule has 0 atom stereocenters. The molecule has 2 rings (SSSR count). The molecule has 0 saturated carbocycles. The number of nitro groups is 1. The van der Waals surface area contributed by atoms with Crippen molar-refractivity contribution in [1.29, 1.82) is 0 Å². The highest BCUT2D eigenvalue weighted by molar-refractivity contribution is 7.73. The molecule has 7 heteroatoms. The topological polar surface area (TPSA) is 58.9 Å². The lowest BCUT2D eigenvalue weighted by Gasteiger charge is -1.94. The molecule has 0 aliphatic heterocycles. The molecule has 14 heavy (non-hydrogen) atoms. The van der Waals surface area contributed by atoms with E-state index in [0.29, 0.717) is 19.2 Å². The van der Waals surface area contributed by atoms with E-state index >= 15 is 0 Å². The Morgan fingerprint density at radius 2 is 2.29 bits per heavy atom. The molecule has 0 amide bonds. The fourth-order valence-corrected chi connectivity index (χ4v) is 2.53. The molecule has 0 saturated heterocycles. The number of fused-ring (bicyclic) bond motifs is 1. The van der Waals surface area contributed by atoms with Crippen molar-refractivity contribution in [3.8, 4) is 0 Å². The van der Waals surface area contributed by atoms with E-state index in [1.807, 2.05) is 0 Å². The van der Waals surface area contributed by atoms with Crippen molar-refractivity contribution >= 4 is 51.1 Å². The first kappa shape index (κ1) is 9.57. The predicted molar refractivity (Wildman–Crippen MR) is 58.7 cm³/mol. The minimum atomic E-state index is -0.462. The zero-order valence-corrected chi connectivity index (χ0v) is 9.00. The molecular weight excluding hydrogens is 244 g/mol. The zero-order chi connectivity index (χ0) is 10.3. The van der Waals surface area contributed by atoms with Gasteiger partial charge in [-0.05, 0) is 18.3 Å². The first-order chi connectivity index (χ1) is 6.59. The van der Waals surface area contributed by atoms with Gasteiger partial charge in [0.15, 0.2) is 3.95 Å². The molecule has 0 fully saturated rings. The van der Waals surface area contributed by atoms with Gasteiger partial charge in [0, 0.05) is 6.07 Å². The third-order valence-electron chi connectivity index (χ3n) is 1.71. The summed E-state index contributed by atoms with van der Waals surface area (Å²) in [5, 5.41) is 11.1. The minimum Gasteiger partial charge on any atom is -0.331 e. The van der Waals surface area contributed by atoms with Crippen LogP contribution >= 0.6 is 35.2 Å². The Labute approximate surface area is 92.3 Å². The summed E-state index contributed by atoms with van der Waals surface area (Å²) in [5.74, 6) is 0. The van der Waals surface area contributed by atoms with Gasteiger partial charge in [-0.25, -0.2) is 0 Å². The monoisotopic (exact) mass is 246 g/mol. The van der Waals surface area contributed by atoms with Crippen LogP contribution < -0.4 is 0 Å². The molecule has 1 aromatic carbocycles. The molecule has 0 bridgehead atoms. The molecule has 0 radical (unpaired) electrons. The van der Waals surface area contributed by atoms with Crippen LogP contribution in [-0.4, -0.2) is 9.91 Å². The number of H-pyrrole nitrogens is 1. The molecule has 4 nitrogen and oxygen atoms in total. The zero-order valence-electron chi connectivity index (χ0n) is 6.61. The minimum absolute atomic E-state index is 0.00301. The van der Waals surface area contributed by atoms with Crippen LogP contribution in [0.5, 0.6) is 0 Å². The summed E-state index contributed by atoms with van der Waals surface area (Å²) in [6.07, 6.45) is 0. The van der Waals surface area contributed by atoms with Crippen LogP contribution in [-0.2, 0) is 0 Å². The van der Waals surface area contributed by atoms with Crippen molar-refractivity contribution in [2.24, 2.45) is 0 Å². The van der Waals surface area contributed by atoms with Gasteiger partial charge < -0.3 is 4.98 Å². The molecule has 0 aliphatic carbocycles. The van der Waals surface area contributed by atoms with Crippen LogP contribution in [0.4, 0.5) is 5.69 Å². The summed E-state index contributed by atoms with van der Waals surface area (Å²) in [7, 11) is 0. The number of halogens is 1. The highest BCUT2D eigenvalue weighted by atomic mass is 35.5. The van der Waals surface area contributed by atoms with Gasteiger partial charge in [-0.1, -0.05) is 11.6 Å². The molecule has 0 spiro atoms. The number of non-ortho nitro benzene ring substituents is 1. The first-order valence-corrected chi connectivity index (χ1v) is 5.15. The maximum atomic E-state index is 10.6. The molecule has 0 aliphatic rings. The Hall–Kier alpha value is -0.980. The van der Waals surface area contributed by atoms with Crippen molar-refractivity contribution in [3.05, 3.63) is 31.2 Å². The number of aromatic nitrogens is 1. The van der Waals surface area contributed by atoms with Crippen molar-refractivity contribution in [2.75, 3.05) is 0 Å². The van der Waals surface area contributed by atoms with Crippen LogP contribution in [0.2, 0.25) is 5.02 Å². The van der Waals surface area contributed by atoms with Crippen LogP contribution in [0, 0.1) is 14.1 Å². The van der Waals surface area contributed by atoms with Crippen molar-refractivity contribution < 1.29 is 4.92 Å². The summed E-state index contributed by atoms with van der Waals surface area (Å²) < 4.78 is 1.11. The standard InChI is InChI=1S/C7H3ClN2O2S2/c8-3-1-2-4(10(11)12)5-6(3)14-7(13)9-5/h1-2H,(H,9,13). The molecule has 1 heterocycles. The number of rotatable bonds is 1. The summed E-state index contributed by atoms with van der Waals surface area (Å²) >= 11 is 12.0. The Balaban J connectivity index is 2.94. The Morgan fingerprint density at radius 3 is 2.93 bits per heavy atom. The van der Waals surface area contributed by atoms with E-state index in [1.165, 1.54) is 23.5 Å². The van der Waals surface area contributed by atoms with Crippen LogP contribution in [0.15, 0.2) is 12.1 Å². The van der Waals surface area contributed by atoms with E-state index in [9.17, 15) is 10.1 Å². The van der Waals surface area contributed by atoms with Crippen LogP contribution in [0.3, 0.4) is 0 Å². The van der Waals surface area contributed by atoms with Gasteiger partial charge in [0.2, 0.25) is 0 Å². The van der Waals surface area contributed by atoms with Gasteiger partial charge in [-0.15, -0.1) is 11.3 Å². The Bertz CT molecular complexity index is 575. The summed E-state index contributed by atoms with van der Waals surface area (Å²) in [6, 6.07) is 2.86. The number of nitro benzene ring substituents is 1. The maximum absolute atomic E-state index is 10.6. The second-order valence-corrected chi connectivity index (χ2v) is 4.64. The second-order valence-electron chi connectivity index (χ2n) is 2.54. The van der Waals surface area contributed by atoms with Crippen LogP contribution in [0.1, 0.15) is 0 Å². The number of thiazole rings is 1. The quantitative estimate of drug-likeness (QED) is 0.476. The van der Waals surface area contributed by atoms with Gasteiger partial charge in [0.1, 0.15) is 5.52 Å². The van der Waals surface area contributed by atoms with E-state index in [-0.39, 0.29) is 5.69 Å². The average molecular weight is 247 g/mol. The molecule has 1 aromatic heterocycles. The predicted octanol–water partition coefficient (Wildman–Crippen LogP) is 3.52. The molecule has 72 valence electrons. The van der Waals surface area contributed by atoms with Crippen molar-refractivity contribution in [2.45, 2.75) is 0 Å². The van der Waals surface area contributed by atoms with E-state index < -0.39 is 4.92 Å². The molecule has 1 N–H and O–H groups in total. The number of hydrogen-bond donors (Lipinski definition) is 1. The van der Waals surface area contributed by atoms with Crippen molar-refractivity contribution in [1.82, 2.24) is 4.98 Å². The smallest absolute Gasteiger partial charge is 0.294 e. The van der Waals surface area contributed by atoms with Gasteiger partial charge in [-0.2, -0.15) is 0 Å². The fourth-order valence-electron chi connectivity index (χ4n) is 1.14. The third kappa shape index (κ3) is 1.41. The lowest BCUT2D eigenvalue weighted by Crippen LogP contribution is -1.88. The number of benzene rings is 1. The molecule has 0 unspecified atom stereocenters. The summed E-state index contributed by atoms with van der Waals surface area (Å²) in [6.45, 7) is 0. The van der Waals surface area contributed by atoms with E-state index in [0.717, 1.165) is 0 Å². The lowest BCUT2D eigenvalue weighted by atomic mass is 10.3. The fraction of sp³-hybridized carbons (Fsp3) is 0. The number of nitrogens with zero attached hydrogens (tertiary/aromatic N) is 1. The Kier molecular flexibility index (Phi) is 2.26. The summed E-state index contributed by atoms with van der Waals surface area (Å²) in [4.78, 5) is 12.9. The van der Waals surface area contributed by atoms with Gasteiger partial charge >= 0.3 is 0 Å². The average Bonchev–Trinajstić information content (AvgIpc) is 2.47. The largest absolute Gasteiger partial charge is 0.331 e. The van der Waals surface area contributed by atoms with E-state index in [2.05, 4.69) is 4.98 Å². The lowest BCUT2D eigenvalue weighted by molar-refractivity contribution is -0.383. The number of nitrogens with one attached hydrogen (secondary N) is 1. The van der Waals surface area contributed by atoms with Crippen molar-refractivity contribution in [3.63, 3.8) is 0 Å².